The van der Waals surface area contributed by atoms with Gasteiger partial charge in [0.2, 0.25) is 0 Å². The summed E-state index contributed by atoms with van der Waals surface area (Å²) in [5.41, 5.74) is -0.0116. The first-order chi connectivity index (χ1) is 12.3. The predicted molar refractivity (Wildman–Crippen MR) is 98.9 cm³/mol. The summed E-state index contributed by atoms with van der Waals surface area (Å²) >= 11 is 0. The van der Waals surface area contributed by atoms with Crippen LogP contribution in [0.15, 0.2) is 65.1 Å². The molecule has 2 N–H and O–H groups in total. The molecular weight excluding hydrogens is 332 g/mol. The van der Waals surface area contributed by atoms with Crippen molar-refractivity contribution in [2.75, 3.05) is 7.11 Å². The molecule has 0 radical (unpaired) electrons. The molecule has 0 fully saturated rings. The number of ether oxygens (including phenoxy) is 1. The third kappa shape index (κ3) is 3.94. The first-order valence-corrected chi connectivity index (χ1v) is 8.46. The van der Waals surface area contributed by atoms with E-state index in [9.17, 15) is 19.8 Å². The van der Waals surface area contributed by atoms with Crippen LogP contribution < -0.4 is 0 Å². The van der Waals surface area contributed by atoms with Crippen molar-refractivity contribution in [1.82, 2.24) is 0 Å². The van der Waals surface area contributed by atoms with Gasteiger partial charge in [-0.2, -0.15) is 0 Å². The smallest absolute Gasteiger partial charge is 0.199 e. The SMILES string of the molecule is CO[C@@]1(CC=C(C)C)C(=O)C=C(O)C(C(=O)CCc2ccccc2)=C1O. The Morgan fingerprint density at radius 3 is 2.42 bits per heavy atom. The number of carbonyl (C=O) groups excluding carboxylic acids is 2. The molecule has 1 aromatic rings. The molecule has 0 saturated heterocycles. The zero-order chi connectivity index (χ0) is 19.3. The summed E-state index contributed by atoms with van der Waals surface area (Å²) in [4.78, 5) is 25.1. The second-order valence-electron chi connectivity index (χ2n) is 6.54. The Morgan fingerprint density at radius 2 is 1.85 bits per heavy atom. The standard InChI is InChI=1S/C21H24O5/c1-14(2)11-12-21(26-3)18(24)13-17(23)19(20(21)25)16(22)10-9-15-7-5-4-6-8-15/h4-8,11,13,23,25H,9-10,12H2,1-3H3/t21-/m0/s1. The molecule has 0 amide bonds. The van der Waals surface area contributed by atoms with E-state index in [2.05, 4.69) is 0 Å². The molecule has 138 valence electrons. The molecule has 1 aliphatic carbocycles. The lowest BCUT2D eigenvalue weighted by atomic mass is 9.81. The number of Topliss-reactive ketones (excluding diaryl/α,β-unsaturated/α-hetero) is 1. The molecule has 2 rings (SSSR count). The number of methoxy groups -OCH3 is 1. The Hall–Kier alpha value is -2.66. The van der Waals surface area contributed by atoms with Gasteiger partial charge in [-0.15, -0.1) is 0 Å². The van der Waals surface area contributed by atoms with Gasteiger partial charge in [0.25, 0.3) is 0 Å². The summed E-state index contributed by atoms with van der Waals surface area (Å²) in [6.45, 7) is 3.72. The van der Waals surface area contributed by atoms with Crippen molar-refractivity contribution in [1.29, 1.82) is 0 Å². The lowest BCUT2D eigenvalue weighted by Gasteiger charge is -2.32. The van der Waals surface area contributed by atoms with Gasteiger partial charge in [0.15, 0.2) is 17.2 Å². The summed E-state index contributed by atoms with van der Waals surface area (Å²) in [5.74, 6) is -2.07. The van der Waals surface area contributed by atoms with Crippen LogP contribution in [0.5, 0.6) is 0 Å². The van der Waals surface area contributed by atoms with E-state index in [-0.39, 0.29) is 18.4 Å². The normalized spacial score (nSPS) is 20.0. The number of rotatable bonds is 7. The van der Waals surface area contributed by atoms with E-state index in [0.29, 0.717) is 6.42 Å². The molecule has 0 heterocycles. The summed E-state index contributed by atoms with van der Waals surface area (Å²) in [6, 6.07) is 9.44. The predicted octanol–water partition coefficient (Wildman–Crippen LogP) is 3.77. The van der Waals surface area contributed by atoms with Crippen molar-refractivity contribution >= 4 is 11.6 Å². The van der Waals surface area contributed by atoms with E-state index in [1.54, 1.807) is 6.08 Å². The summed E-state index contributed by atoms with van der Waals surface area (Å²) in [5, 5.41) is 20.8. The van der Waals surface area contributed by atoms with Crippen molar-refractivity contribution in [2.45, 2.75) is 38.7 Å². The molecule has 1 aliphatic rings. The van der Waals surface area contributed by atoms with Crippen LogP contribution in [0.4, 0.5) is 0 Å². The van der Waals surface area contributed by atoms with Crippen molar-refractivity contribution in [3.05, 3.63) is 70.7 Å². The molecule has 1 atom stereocenters. The second-order valence-corrected chi connectivity index (χ2v) is 6.54. The number of carbonyl (C=O) groups is 2. The highest BCUT2D eigenvalue weighted by molar-refractivity contribution is 6.09. The van der Waals surface area contributed by atoms with Crippen LogP contribution in [0, 0.1) is 0 Å². The monoisotopic (exact) mass is 356 g/mol. The van der Waals surface area contributed by atoms with Crippen molar-refractivity contribution in [3.63, 3.8) is 0 Å². The quantitative estimate of drug-likeness (QED) is 0.727. The molecule has 0 unspecified atom stereocenters. The molecule has 0 spiro atoms. The Morgan fingerprint density at radius 1 is 1.19 bits per heavy atom. The molecule has 26 heavy (non-hydrogen) atoms. The van der Waals surface area contributed by atoms with Gasteiger partial charge < -0.3 is 14.9 Å². The minimum atomic E-state index is -1.68. The van der Waals surface area contributed by atoms with Gasteiger partial charge in [-0.05, 0) is 25.8 Å². The van der Waals surface area contributed by atoms with E-state index in [1.165, 1.54) is 7.11 Å². The Balaban J connectivity index is 2.33. The number of aliphatic hydroxyl groups excluding tert-OH is 2. The van der Waals surface area contributed by atoms with Gasteiger partial charge in [-0.1, -0.05) is 42.0 Å². The van der Waals surface area contributed by atoms with Crippen molar-refractivity contribution in [2.24, 2.45) is 0 Å². The first-order valence-electron chi connectivity index (χ1n) is 8.46. The van der Waals surface area contributed by atoms with Crippen LogP contribution in [0.3, 0.4) is 0 Å². The molecule has 0 aliphatic heterocycles. The number of ketones is 2. The van der Waals surface area contributed by atoms with E-state index >= 15 is 0 Å². The minimum Gasteiger partial charge on any atom is -0.508 e. The average molecular weight is 356 g/mol. The second kappa shape index (κ2) is 8.15. The largest absolute Gasteiger partial charge is 0.508 e. The molecule has 1 aromatic carbocycles. The topological polar surface area (TPSA) is 83.8 Å². The Kier molecular flexibility index (Phi) is 6.16. The van der Waals surface area contributed by atoms with Crippen LogP contribution >= 0.6 is 0 Å². The fourth-order valence-electron chi connectivity index (χ4n) is 2.88. The minimum absolute atomic E-state index is 0.0791. The van der Waals surface area contributed by atoms with Crippen molar-refractivity contribution < 1.29 is 24.5 Å². The van der Waals surface area contributed by atoms with E-state index in [0.717, 1.165) is 17.2 Å². The highest BCUT2D eigenvalue weighted by Crippen LogP contribution is 2.35. The molecule has 0 bridgehead atoms. The molecule has 5 nitrogen and oxygen atoms in total. The number of aryl methyl sites for hydroxylation is 1. The van der Waals surface area contributed by atoms with Gasteiger partial charge in [0, 0.05) is 26.0 Å². The van der Waals surface area contributed by atoms with Crippen molar-refractivity contribution in [3.8, 4) is 0 Å². The number of allylic oxidation sites excluding steroid dienone is 2. The summed E-state index contributed by atoms with van der Waals surface area (Å²) in [6.07, 6.45) is 3.34. The van der Waals surface area contributed by atoms with Crippen LogP contribution in [0.2, 0.25) is 0 Å². The van der Waals surface area contributed by atoms with Crippen LogP contribution in [0.1, 0.15) is 32.3 Å². The molecule has 0 aromatic heterocycles. The van der Waals surface area contributed by atoms with Gasteiger partial charge in [-0.25, -0.2) is 0 Å². The maximum absolute atomic E-state index is 12.6. The van der Waals surface area contributed by atoms with E-state index in [4.69, 9.17) is 4.74 Å². The average Bonchev–Trinajstić information content (AvgIpc) is 2.61. The maximum Gasteiger partial charge on any atom is 0.199 e. The third-order valence-corrected chi connectivity index (χ3v) is 4.45. The van der Waals surface area contributed by atoms with Gasteiger partial charge in [-0.3, -0.25) is 9.59 Å². The lowest BCUT2D eigenvalue weighted by Crippen LogP contribution is -2.45. The van der Waals surface area contributed by atoms with Crippen LogP contribution in [-0.4, -0.2) is 34.5 Å². The zero-order valence-electron chi connectivity index (χ0n) is 15.3. The molecule has 5 heteroatoms. The number of benzene rings is 1. The molecule has 0 saturated carbocycles. The number of hydrogen-bond donors (Lipinski definition) is 2. The highest BCUT2D eigenvalue weighted by atomic mass is 16.5. The summed E-state index contributed by atoms with van der Waals surface area (Å²) in [7, 11) is 1.30. The number of hydrogen-bond acceptors (Lipinski definition) is 5. The van der Waals surface area contributed by atoms with Gasteiger partial charge in [0.05, 0.1) is 0 Å². The summed E-state index contributed by atoms with van der Waals surface area (Å²) < 4.78 is 5.34. The highest BCUT2D eigenvalue weighted by Gasteiger charge is 2.47. The van der Waals surface area contributed by atoms with Gasteiger partial charge >= 0.3 is 0 Å². The fraction of sp³-hybridized carbons (Fsp3) is 0.333. The van der Waals surface area contributed by atoms with Crippen LogP contribution in [-0.2, 0) is 20.7 Å². The first kappa shape index (κ1) is 19.7. The Labute approximate surface area is 153 Å². The maximum atomic E-state index is 12.6. The van der Waals surface area contributed by atoms with E-state index in [1.807, 2.05) is 44.2 Å². The molecular formula is C21H24O5. The zero-order valence-corrected chi connectivity index (χ0v) is 15.3. The third-order valence-electron chi connectivity index (χ3n) is 4.45. The fourth-order valence-corrected chi connectivity index (χ4v) is 2.88. The lowest BCUT2D eigenvalue weighted by molar-refractivity contribution is -0.135. The number of aliphatic hydroxyl groups is 2. The van der Waals surface area contributed by atoms with Gasteiger partial charge in [0.1, 0.15) is 17.1 Å². The van der Waals surface area contributed by atoms with E-state index < -0.39 is 28.7 Å². The van der Waals surface area contributed by atoms with Crippen LogP contribution in [0.25, 0.3) is 0 Å². The Bertz CT molecular complexity index is 782.